The highest BCUT2D eigenvalue weighted by Gasteiger charge is 2.19. The van der Waals surface area contributed by atoms with E-state index in [4.69, 9.17) is 9.84 Å². The standard InChI is InChI=1S/C20H24N2O5/c1-20(2,3)27-19(26)21(4)12-13-22-11-5-6-16(17(22)23)14-7-9-15(10-8-14)18(24)25/h5-11H,12-13H2,1-4H3,(H,24,25). The first-order chi connectivity index (χ1) is 12.6. The van der Waals surface area contributed by atoms with Gasteiger partial charge in [0.05, 0.1) is 5.56 Å². The van der Waals surface area contributed by atoms with Gasteiger partial charge in [0.15, 0.2) is 0 Å². The molecule has 2 rings (SSSR count). The van der Waals surface area contributed by atoms with Gasteiger partial charge in [0.1, 0.15) is 5.60 Å². The van der Waals surface area contributed by atoms with Gasteiger partial charge in [-0.1, -0.05) is 12.1 Å². The minimum absolute atomic E-state index is 0.161. The lowest BCUT2D eigenvalue weighted by atomic mass is 10.1. The molecular formula is C20H24N2O5. The topological polar surface area (TPSA) is 88.8 Å². The maximum absolute atomic E-state index is 12.7. The molecule has 0 unspecified atom stereocenters. The van der Waals surface area contributed by atoms with Crippen molar-refractivity contribution in [1.29, 1.82) is 0 Å². The van der Waals surface area contributed by atoms with Crippen molar-refractivity contribution >= 4 is 12.1 Å². The number of hydrogen-bond donors (Lipinski definition) is 1. The highest BCUT2D eigenvalue weighted by atomic mass is 16.6. The van der Waals surface area contributed by atoms with E-state index in [0.717, 1.165) is 0 Å². The number of aromatic carboxylic acids is 1. The average Bonchev–Trinajstić information content (AvgIpc) is 2.59. The molecule has 7 heteroatoms. The zero-order chi connectivity index (χ0) is 20.2. The molecular weight excluding hydrogens is 348 g/mol. The van der Waals surface area contributed by atoms with Crippen molar-refractivity contribution in [1.82, 2.24) is 9.47 Å². The molecule has 1 amide bonds. The third kappa shape index (κ3) is 5.44. The van der Waals surface area contributed by atoms with Crippen LogP contribution in [0.5, 0.6) is 0 Å². The van der Waals surface area contributed by atoms with Crippen LogP contribution in [0.3, 0.4) is 0 Å². The Kier molecular flexibility index (Phi) is 6.05. The Hall–Kier alpha value is -3.09. The molecule has 0 saturated heterocycles. The van der Waals surface area contributed by atoms with Crippen LogP contribution >= 0.6 is 0 Å². The molecule has 7 nitrogen and oxygen atoms in total. The highest BCUT2D eigenvalue weighted by molar-refractivity contribution is 5.88. The Morgan fingerprint density at radius 2 is 1.78 bits per heavy atom. The zero-order valence-electron chi connectivity index (χ0n) is 15.9. The van der Waals surface area contributed by atoms with E-state index in [1.54, 1.807) is 58.3 Å². The molecule has 27 heavy (non-hydrogen) atoms. The molecule has 0 radical (unpaired) electrons. The summed E-state index contributed by atoms with van der Waals surface area (Å²) in [6, 6.07) is 9.58. The van der Waals surface area contributed by atoms with E-state index in [1.165, 1.54) is 21.6 Å². The maximum Gasteiger partial charge on any atom is 0.410 e. The monoisotopic (exact) mass is 372 g/mol. The number of amides is 1. The fraction of sp³-hybridized carbons (Fsp3) is 0.350. The van der Waals surface area contributed by atoms with Crippen molar-refractivity contribution in [2.75, 3.05) is 13.6 Å². The summed E-state index contributed by atoms with van der Waals surface area (Å²) in [5.74, 6) is -1.02. The largest absolute Gasteiger partial charge is 0.478 e. The van der Waals surface area contributed by atoms with Gasteiger partial charge in [-0.25, -0.2) is 9.59 Å². The molecule has 1 aromatic heterocycles. The van der Waals surface area contributed by atoms with E-state index in [-0.39, 0.29) is 11.1 Å². The van der Waals surface area contributed by atoms with Crippen LogP contribution in [0, 0.1) is 0 Å². The van der Waals surface area contributed by atoms with Crippen molar-refractivity contribution in [2.45, 2.75) is 32.9 Å². The Morgan fingerprint density at radius 1 is 1.15 bits per heavy atom. The molecule has 0 fully saturated rings. The molecule has 2 aromatic rings. The summed E-state index contributed by atoms with van der Waals surface area (Å²) in [6.45, 7) is 6.01. The van der Waals surface area contributed by atoms with Crippen LogP contribution in [0.4, 0.5) is 4.79 Å². The summed E-state index contributed by atoms with van der Waals surface area (Å²) in [4.78, 5) is 37.1. The van der Waals surface area contributed by atoms with Gasteiger partial charge in [0.2, 0.25) is 0 Å². The Labute approximate surface area is 157 Å². The first kappa shape index (κ1) is 20.2. The first-order valence-corrected chi connectivity index (χ1v) is 8.56. The van der Waals surface area contributed by atoms with E-state index in [1.807, 2.05) is 0 Å². The Balaban J connectivity index is 2.14. The molecule has 0 aliphatic carbocycles. The smallest absolute Gasteiger partial charge is 0.410 e. The summed E-state index contributed by atoms with van der Waals surface area (Å²) in [6.07, 6.45) is 1.20. The quantitative estimate of drug-likeness (QED) is 0.871. The summed E-state index contributed by atoms with van der Waals surface area (Å²) in [7, 11) is 1.62. The van der Waals surface area contributed by atoms with Crippen molar-refractivity contribution in [3.63, 3.8) is 0 Å². The van der Waals surface area contributed by atoms with E-state index >= 15 is 0 Å². The van der Waals surface area contributed by atoms with Crippen molar-refractivity contribution in [2.24, 2.45) is 0 Å². The molecule has 1 heterocycles. The second kappa shape index (κ2) is 8.07. The molecule has 0 bridgehead atoms. The van der Waals surface area contributed by atoms with Crippen molar-refractivity contribution in [3.05, 3.63) is 58.5 Å². The van der Waals surface area contributed by atoms with Gasteiger partial charge in [0.25, 0.3) is 5.56 Å². The average molecular weight is 372 g/mol. The lowest BCUT2D eigenvalue weighted by Gasteiger charge is -2.24. The highest BCUT2D eigenvalue weighted by Crippen LogP contribution is 2.16. The molecule has 1 N–H and O–H groups in total. The second-order valence-corrected chi connectivity index (χ2v) is 7.20. The number of carboxylic acid groups (broad SMARTS) is 1. The van der Waals surface area contributed by atoms with Gasteiger partial charge < -0.3 is 19.3 Å². The fourth-order valence-electron chi connectivity index (χ4n) is 2.41. The summed E-state index contributed by atoms with van der Waals surface area (Å²) in [5.41, 5.74) is 0.478. The molecule has 1 aromatic carbocycles. The predicted octanol–water partition coefficient (Wildman–Crippen LogP) is 3.08. The number of carboxylic acids is 1. The minimum atomic E-state index is -1.02. The van der Waals surface area contributed by atoms with Crippen LogP contribution in [0.1, 0.15) is 31.1 Å². The number of rotatable bonds is 5. The van der Waals surface area contributed by atoms with Gasteiger partial charge in [-0.05, 0) is 50.6 Å². The normalized spacial score (nSPS) is 11.1. The number of nitrogens with zero attached hydrogens (tertiary/aromatic N) is 2. The minimum Gasteiger partial charge on any atom is -0.478 e. The molecule has 144 valence electrons. The summed E-state index contributed by atoms with van der Waals surface area (Å²) < 4.78 is 6.81. The number of aromatic nitrogens is 1. The second-order valence-electron chi connectivity index (χ2n) is 7.20. The van der Waals surface area contributed by atoms with Crippen LogP contribution in [-0.4, -0.2) is 45.8 Å². The molecule has 0 spiro atoms. The lowest BCUT2D eigenvalue weighted by Crippen LogP contribution is -2.37. The Bertz CT molecular complexity index is 878. The SMILES string of the molecule is CN(CCn1cccc(-c2ccc(C(=O)O)cc2)c1=O)C(=O)OC(C)(C)C. The zero-order valence-corrected chi connectivity index (χ0v) is 15.9. The summed E-state index contributed by atoms with van der Waals surface area (Å²) in [5, 5.41) is 8.97. The van der Waals surface area contributed by atoms with Crippen molar-refractivity contribution < 1.29 is 19.4 Å². The number of carbonyl (C=O) groups is 2. The van der Waals surface area contributed by atoms with Crippen LogP contribution in [0.25, 0.3) is 11.1 Å². The van der Waals surface area contributed by atoms with E-state index in [9.17, 15) is 14.4 Å². The van der Waals surface area contributed by atoms with Crippen LogP contribution in [0.15, 0.2) is 47.4 Å². The molecule has 0 aliphatic rings. The number of likely N-dealkylation sites (N-methyl/N-ethyl adjacent to an activating group) is 1. The third-order valence-electron chi connectivity index (χ3n) is 3.84. The van der Waals surface area contributed by atoms with Gasteiger partial charge in [-0.3, -0.25) is 4.79 Å². The van der Waals surface area contributed by atoms with E-state index in [2.05, 4.69) is 0 Å². The fourth-order valence-corrected chi connectivity index (χ4v) is 2.41. The number of pyridine rings is 1. The van der Waals surface area contributed by atoms with Gasteiger partial charge in [-0.2, -0.15) is 0 Å². The molecule has 0 saturated carbocycles. The predicted molar refractivity (Wildman–Crippen MR) is 102 cm³/mol. The number of ether oxygens (including phenoxy) is 1. The lowest BCUT2D eigenvalue weighted by molar-refractivity contribution is 0.0293. The molecule has 0 atom stereocenters. The van der Waals surface area contributed by atoms with Crippen LogP contribution in [0.2, 0.25) is 0 Å². The van der Waals surface area contributed by atoms with Crippen molar-refractivity contribution in [3.8, 4) is 11.1 Å². The summed E-state index contributed by atoms with van der Waals surface area (Å²) >= 11 is 0. The van der Waals surface area contributed by atoms with Gasteiger partial charge in [0, 0.05) is 31.9 Å². The number of benzene rings is 1. The van der Waals surface area contributed by atoms with E-state index in [0.29, 0.717) is 24.2 Å². The first-order valence-electron chi connectivity index (χ1n) is 8.56. The van der Waals surface area contributed by atoms with E-state index < -0.39 is 17.7 Å². The van der Waals surface area contributed by atoms with Gasteiger partial charge in [-0.15, -0.1) is 0 Å². The number of carbonyl (C=O) groups excluding carboxylic acids is 1. The maximum atomic E-state index is 12.7. The number of hydrogen-bond acceptors (Lipinski definition) is 4. The van der Waals surface area contributed by atoms with Gasteiger partial charge >= 0.3 is 12.1 Å². The van der Waals surface area contributed by atoms with Crippen LogP contribution in [-0.2, 0) is 11.3 Å². The van der Waals surface area contributed by atoms with Crippen LogP contribution < -0.4 is 5.56 Å². The molecule has 0 aliphatic heterocycles. The third-order valence-corrected chi connectivity index (χ3v) is 3.84. The Morgan fingerprint density at radius 3 is 2.33 bits per heavy atom.